The molecular formula is C84H87F2N23O3. The number of β-amino-alcohol motifs (C(OH)–C–C–N with tert-alkyl or cyclic N) is 1. The lowest BCUT2D eigenvalue weighted by Crippen LogP contribution is -2.46. The highest BCUT2D eigenvalue weighted by Gasteiger charge is 2.28. The second-order valence-corrected chi connectivity index (χ2v) is 29.1. The van der Waals surface area contributed by atoms with E-state index in [2.05, 4.69) is 142 Å². The van der Waals surface area contributed by atoms with Crippen molar-refractivity contribution < 1.29 is 23.4 Å². The normalized spacial score (nSPS) is 17.0. The molecule has 6 aliphatic rings. The second-order valence-electron chi connectivity index (χ2n) is 29.1. The van der Waals surface area contributed by atoms with Gasteiger partial charge in [0, 0.05) is 220 Å². The van der Waals surface area contributed by atoms with Crippen LogP contribution in [-0.2, 0) is 19.6 Å². The Kier molecular flexibility index (Phi) is 22.0. The minimum atomic E-state index is -0.500. The number of piperazine rings is 3. The Morgan fingerprint density at radius 3 is 1.08 bits per heavy atom. The molecule has 17 heterocycles. The van der Waals surface area contributed by atoms with Crippen molar-refractivity contribution in [2.75, 3.05) is 161 Å². The first-order valence-electron chi connectivity index (χ1n) is 38.3. The highest BCUT2D eigenvalue weighted by atomic mass is 19.1. The highest BCUT2D eigenvalue weighted by molar-refractivity contribution is 5.89. The zero-order valence-corrected chi connectivity index (χ0v) is 62.9. The summed E-state index contributed by atoms with van der Waals surface area (Å²) in [5.41, 5.74) is 15.4. The third kappa shape index (κ3) is 16.1. The number of nitriles is 3. The average Bonchev–Trinajstić information content (AvgIpc) is 1.58. The number of methoxy groups -OCH3 is 2. The first-order valence-corrected chi connectivity index (χ1v) is 38.3. The predicted molar refractivity (Wildman–Crippen MR) is 426 cm³/mol. The van der Waals surface area contributed by atoms with Crippen LogP contribution in [0.5, 0.6) is 11.8 Å². The van der Waals surface area contributed by atoms with E-state index in [9.17, 15) is 29.7 Å². The van der Waals surface area contributed by atoms with Crippen LogP contribution < -0.4 is 38.9 Å². The maximum Gasteiger partial charge on any atom is 0.212 e. The lowest BCUT2D eigenvalue weighted by molar-refractivity contribution is 0.198. The summed E-state index contributed by atoms with van der Waals surface area (Å²) in [6, 6.07) is 37.6. The molecule has 28 heteroatoms. The van der Waals surface area contributed by atoms with Crippen molar-refractivity contribution in [1.29, 1.82) is 15.8 Å². The summed E-state index contributed by atoms with van der Waals surface area (Å²) in [7, 11) is 3.26. The van der Waals surface area contributed by atoms with Gasteiger partial charge in [-0.1, -0.05) is 18.2 Å². The lowest BCUT2D eigenvalue weighted by atomic mass is 10.0. The van der Waals surface area contributed by atoms with Gasteiger partial charge in [0.1, 0.15) is 47.3 Å². The van der Waals surface area contributed by atoms with Gasteiger partial charge < -0.3 is 44.0 Å². The molecule has 0 radical (unpaired) electrons. The van der Waals surface area contributed by atoms with Crippen LogP contribution in [0.3, 0.4) is 0 Å². The Morgan fingerprint density at radius 1 is 0.402 bits per heavy atom. The molecule has 6 saturated heterocycles. The van der Waals surface area contributed by atoms with E-state index in [1.807, 2.05) is 78.4 Å². The van der Waals surface area contributed by atoms with Crippen molar-refractivity contribution in [2.45, 2.75) is 57.8 Å². The van der Waals surface area contributed by atoms with Gasteiger partial charge >= 0.3 is 0 Å². The zero-order valence-electron chi connectivity index (χ0n) is 62.9. The van der Waals surface area contributed by atoms with E-state index in [0.717, 1.165) is 202 Å². The summed E-state index contributed by atoms with van der Waals surface area (Å²) in [6.07, 6.45) is 25.5. The Hall–Kier alpha value is -12.4. The predicted octanol–water partition coefficient (Wildman–Crippen LogP) is 10.6. The van der Waals surface area contributed by atoms with Gasteiger partial charge in [0.2, 0.25) is 11.8 Å². The molecular weight excluding hydrogens is 1420 g/mol. The van der Waals surface area contributed by atoms with E-state index in [-0.39, 0.29) is 18.2 Å². The highest BCUT2D eigenvalue weighted by Crippen LogP contribution is 2.38. The van der Waals surface area contributed by atoms with Gasteiger partial charge in [-0.05, 0) is 110 Å². The van der Waals surface area contributed by atoms with Crippen molar-refractivity contribution in [3.63, 3.8) is 0 Å². The third-order valence-corrected chi connectivity index (χ3v) is 22.2. The maximum atomic E-state index is 14.0. The van der Waals surface area contributed by atoms with Gasteiger partial charge in [-0.25, -0.2) is 47.2 Å². The fourth-order valence-corrected chi connectivity index (χ4v) is 15.9. The standard InChI is InChI=1S/C28H27F2N7.C28H30N8O2.C28H30N8O/c29-25-4-3-5-26(30)24(25)19-34-10-12-36(13-11-34)27-7-6-20(16-32-27)23-14-22(35-8-1-2-9-35)18-37-28(23)21(15-31)17-33-37;1-38-27-5-2-20(14-31-27)17-33-8-10-34(11-9-33)26-4-3-21(15-30-26)25-12-23(35-7-6-24(37)19-35)18-36-28(25)22(13-29)16-32-36;1-37-27-7-4-21(16-31-27)19-33-10-12-35(13-11-33)26-6-5-22(17-30-26)25-14-24(34-8-2-3-9-34)20-36-28(25)23(15-29)18-32-36/h3-7,14,16-18H,1-2,8-13,19H2;2-5,12,14-16,18,24,37H,6-11,17,19H2,1H3;4-7,14,16-18,20H,2-3,8-13,19H2,1H3. The number of nitrogens with zero attached hydrogens (tertiary/aromatic N) is 23. The molecule has 0 saturated carbocycles. The Labute approximate surface area is 648 Å². The number of hydrogen-bond acceptors (Lipinski definition) is 23. The molecule has 1 atom stereocenters. The Balaban J connectivity index is 0.000000127. The molecule has 0 bridgehead atoms. The van der Waals surface area contributed by atoms with E-state index in [0.29, 0.717) is 48.1 Å². The van der Waals surface area contributed by atoms with Gasteiger partial charge in [-0.15, -0.1) is 0 Å². The molecule has 0 spiro atoms. The molecule has 112 heavy (non-hydrogen) atoms. The largest absolute Gasteiger partial charge is 0.481 e. The number of aliphatic hydroxyl groups is 1. The van der Waals surface area contributed by atoms with E-state index in [4.69, 9.17) is 24.4 Å². The van der Waals surface area contributed by atoms with Crippen LogP contribution in [0.4, 0.5) is 43.3 Å². The number of benzene rings is 1. The molecule has 1 aromatic carbocycles. The minimum absolute atomic E-state index is 0.123. The maximum absolute atomic E-state index is 14.0. The van der Waals surface area contributed by atoms with E-state index >= 15 is 0 Å². The number of pyridine rings is 8. The molecule has 570 valence electrons. The van der Waals surface area contributed by atoms with Crippen LogP contribution in [0.25, 0.3) is 49.9 Å². The van der Waals surface area contributed by atoms with Gasteiger partial charge in [0.25, 0.3) is 0 Å². The molecule has 11 aromatic heterocycles. The SMILES string of the molecule is COc1ccc(CN2CCN(c3ccc(-c4cc(N5CCC(O)C5)cn5ncc(C#N)c45)cn3)CC2)cn1.COc1ccc(CN2CCN(c3ccc(-c4cc(N5CCCC5)cn5ncc(C#N)c45)cn3)CC2)cn1.N#Cc1cnn2cc(N3CCCC3)cc(-c3ccc(N4CCN(Cc5c(F)cccc5F)CC4)nc3)c12. The van der Waals surface area contributed by atoms with Crippen LogP contribution in [0.15, 0.2) is 165 Å². The van der Waals surface area contributed by atoms with E-state index < -0.39 is 11.6 Å². The number of aliphatic hydroxyl groups excluding tert-OH is 1. The molecule has 6 fully saturated rings. The van der Waals surface area contributed by atoms with Crippen LogP contribution in [0.2, 0.25) is 0 Å². The van der Waals surface area contributed by atoms with Crippen molar-refractivity contribution in [2.24, 2.45) is 0 Å². The van der Waals surface area contributed by atoms with Crippen LogP contribution in [0.1, 0.15) is 65.5 Å². The lowest BCUT2D eigenvalue weighted by Gasteiger charge is -2.35. The smallest absolute Gasteiger partial charge is 0.212 e. The van der Waals surface area contributed by atoms with Crippen LogP contribution >= 0.6 is 0 Å². The number of anilines is 6. The van der Waals surface area contributed by atoms with Crippen molar-refractivity contribution in [1.82, 2.24) is 68.5 Å². The van der Waals surface area contributed by atoms with Crippen LogP contribution in [0, 0.1) is 45.6 Å². The van der Waals surface area contributed by atoms with E-state index in [1.165, 1.54) is 55.0 Å². The summed E-state index contributed by atoms with van der Waals surface area (Å²) in [5, 5.41) is 52.4. The molecule has 12 aromatic rings. The number of aromatic nitrogens is 11. The molecule has 26 nitrogen and oxygen atoms in total. The topological polar surface area (TPSA) is 256 Å². The average molecular weight is 1500 g/mol. The van der Waals surface area contributed by atoms with Gasteiger partial charge in [-0.2, -0.15) is 31.1 Å². The molecule has 0 aliphatic carbocycles. The summed E-state index contributed by atoms with van der Waals surface area (Å²) < 4.78 is 43.8. The number of fused-ring (bicyclic) bond motifs is 3. The molecule has 1 N–H and O–H groups in total. The van der Waals surface area contributed by atoms with Gasteiger partial charge in [0.05, 0.1) is 108 Å². The van der Waals surface area contributed by atoms with Gasteiger partial charge in [-0.3, -0.25) is 14.7 Å². The van der Waals surface area contributed by atoms with Crippen molar-refractivity contribution >= 4 is 51.1 Å². The fraction of sp³-hybridized carbons (Fsp3) is 0.345. The number of ether oxygens (including phenoxy) is 2. The Morgan fingerprint density at radius 2 is 0.768 bits per heavy atom. The van der Waals surface area contributed by atoms with Crippen LogP contribution in [-0.4, -0.2) is 212 Å². The van der Waals surface area contributed by atoms with Crippen molar-refractivity contribution in [3.8, 4) is 63.3 Å². The number of hydrogen-bond donors (Lipinski definition) is 1. The molecule has 6 aliphatic heterocycles. The minimum Gasteiger partial charge on any atom is -0.481 e. The monoisotopic (exact) mass is 1500 g/mol. The number of rotatable bonds is 17. The quantitative estimate of drug-likeness (QED) is 0.0889. The summed E-state index contributed by atoms with van der Waals surface area (Å²) >= 11 is 0. The summed E-state index contributed by atoms with van der Waals surface area (Å²) in [5.74, 6) is 3.07. The van der Waals surface area contributed by atoms with E-state index in [1.54, 1.807) is 41.8 Å². The van der Waals surface area contributed by atoms with Crippen molar-refractivity contribution in [3.05, 3.63) is 210 Å². The first kappa shape index (κ1) is 73.7. The third-order valence-electron chi connectivity index (χ3n) is 22.2. The molecule has 0 amide bonds. The summed E-state index contributed by atoms with van der Waals surface area (Å²) in [4.78, 5) is 43.7. The zero-order chi connectivity index (χ0) is 76.6. The summed E-state index contributed by atoms with van der Waals surface area (Å²) in [6.45, 7) is 17.8. The van der Waals surface area contributed by atoms with Gasteiger partial charge in [0.15, 0.2) is 0 Å². The second kappa shape index (κ2) is 33.4. The molecule has 1 unspecified atom stereocenters. The Bertz CT molecular complexity index is 5370. The molecule has 18 rings (SSSR count). The first-order chi connectivity index (χ1) is 54.9. The number of halogens is 2. The fourth-order valence-electron chi connectivity index (χ4n) is 15.9.